The first-order valence-corrected chi connectivity index (χ1v) is 5.38. The van der Waals surface area contributed by atoms with Gasteiger partial charge in [-0.1, -0.05) is 6.42 Å². The molecule has 0 spiro atoms. The summed E-state index contributed by atoms with van der Waals surface area (Å²) in [6.07, 6.45) is 3.64. The average molecular weight is 207 g/mol. The average Bonchev–Trinajstić information content (AvgIpc) is 2.13. The van der Waals surface area contributed by atoms with Crippen LogP contribution in [-0.2, 0) is 4.74 Å². The highest BCUT2D eigenvalue weighted by Crippen LogP contribution is 2.36. The van der Waals surface area contributed by atoms with Crippen LogP contribution in [-0.4, -0.2) is 17.1 Å². The number of methoxy groups -OCH3 is 1. The number of nitrogen functional groups attached to an aromatic ring is 1. The van der Waals surface area contributed by atoms with Gasteiger partial charge in [-0.2, -0.15) is 0 Å². The lowest BCUT2D eigenvalue weighted by molar-refractivity contribution is 0.111. The lowest BCUT2D eigenvalue weighted by atomic mass is 9.83. The molecule has 1 aromatic rings. The molecule has 0 radical (unpaired) electrons. The maximum atomic E-state index is 5.76. The van der Waals surface area contributed by atoms with Gasteiger partial charge in [0.2, 0.25) is 0 Å². The van der Waals surface area contributed by atoms with Gasteiger partial charge in [0.25, 0.3) is 0 Å². The van der Waals surface area contributed by atoms with Crippen molar-refractivity contribution in [1.82, 2.24) is 9.97 Å². The van der Waals surface area contributed by atoms with Gasteiger partial charge >= 0.3 is 0 Å². The van der Waals surface area contributed by atoms with Gasteiger partial charge < -0.3 is 10.5 Å². The standard InChI is InChI=1S/C11H17N3O/c1-7(15-2)11-13-9(6-10(12)14-11)8-4-3-5-8/h6-8H,3-5H2,1-2H3,(H2,12,13,14). The number of nitrogens with zero attached hydrogens (tertiary/aromatic N) is 2. The minimum Gasteiger partial charge on any atom is -0.384 e. The Morgan fingerprint density at radius 2 is 2.20 bits per heavy atom. The van der Waals surface area contributed by atoms with Gasteiger partial charge in [0, 0.05) is 24.8 Å². The van der Waals surface area contributed by atoms with Crippen LogP contribution >= 0.6 is 0 Å². The number of ether oxygens (including phenoxy) is 1. The van der Waals surface area contributed by atoms with Gasteiger partial charge in [-0.3, -0.25) is 0 Å². The first-order chi connectivity index (χ1) is 7.20. The highest BCUT2D eigenvalue weighted by molar-refractivity contribution is 5.32. The van der Waals surface area contributed by atoms with Crippen molar-refractivity contribution in [3.05, 3.63) is 17.6 Å². The fraction of sp³-hybridized carbons (Fsp3) is 0.636. The van der Waals surface area contributed by atoms with Gasteiger partial charge in [0.1, 0.15) is 11.9 Å². The van der Waals surface area contributed by atoms with E-state index in [2.05, 4.69) is 9.97 Å². The molecule has 1 heterocycles. The van der Waals surface area contributed by atoms with E-state index in [9.17, 15) is 0 Å². The molecule has 1 aliphatic carbocycles. The molecule has 1 saturated carbocycles. The summed E-state index contributed by atoms with van der Waals surface area (Å²) < 4.78 is 5.20. The second-order valence-corrected chi connectivity index (χ2v) is 4.08. The molecule has 0 aliphatic heterocycles. The van der Waals surface area contributed by atoms with Crippen LogP contribution in [0.15, 0.2) is 6.07 Å². The van der Waals surface area contributed by atoms with Crippen molar-refractivity contribution in [2.45, 2.75) is 38.2 Å². The summed E-state index contributed by atoms with van der Waals surface area (Å²) in [4.78, 5) is 8.70. The van der Waals surface area contributed by atoms with E-state index in [1.54, 1.807) is 7.11 Å². The Hall–Kier alpha value is -1.16. The first-order valence-electron chi connectivity index (χ1n) is 5.38. The van der Waals surface area contributed by atoms with Crippen molar-refractivity contribution in [1.29, 1.82) is 0 Å². The Balaban J connectivity index is 2.27. The van der Waals surface area contributed by atoms with Gasteiger partial charge in [-0.05, 0) is 19.8 Å². The molecule has 1 aromatic heterocycles. The molecule has 0 amide bonds. The zero-order valence-corrected chi connectivity index (χ0v) is 9.23. The van der Waals surface area contributed by atoms with Crippen LogP contribution in [0.2, 0.25) is 0 Å². The Labute approximate surface area is 89.9 Å². The van der Waals surface area contributed by atoms with E-state index in [1.807, 2.05) is 13.0 Å². The van der Waals surface area contributed by atoms with E-state index < -0.39 is 0 Å². The fourth-order valence-electron chi connectivity index (χ4n) is 1.71. The molecule has 0 aromatic carbocycles. The molecule has 4 nitrogen and oxygen atoms in total. The zero-order valence-electron chi connectivity index (χ0n) is 9.23. The van der Waals surface area contributed by atoms with E-state index in [1.165, 1.54) is 19.3 Å². The van der Waals surface area contributed by atoms with Crippen molar-refractivity contribution in [2.24, 2.45) is 0 Å². The SMILES string of the molecule is COC(C)c1nc(N)cc(C2CCC2)n1. The summed E-state index contributed by atoms with van der Waals surface area (Å²) in [6.45, 7) is 1.93. The third-order valence-electron chi connectivity index (χ3n) is 3.02. The van der Waals surface area contributed by atoms with Crippen LogP contribution in [0.1, 0.15) is 49.7 Å². The molecule has 1 aliphatic rings. The molecule has 15 heavy (non-hydrogen) atoms. The fourth-order valence-corrected chi connectivity index (χ4v) is 1.71. The van der Waals surface area contributed by atoms with Crippen LogP contribution in [0.5, 0.6) is 0 Å². The number of anilines is 1. The summed E-state index contributed by atoms with van der Waals surface area (Å²) in [5, 5.41) is 0. The van der Waals surface area contributed by atoms with Crippen molar-refractivity contribution in [3.63, 3.8) is 0 Å². The number of nitrogens with two attached hydrogens (primary N) is 1. The molecular weight excluding hydrogens is 190 g/mol. The number of hydrogen-bond acceptors (Lipinski definition) is 4. The summed E-state index contributed by atoms with van der Waals surface area (Å²) in [5.41, 5.74) is 6.84. The lowest BCUT2D eigenvalue weighted by Gasteiger charge is -2.25. The largest absolute Gasteiger partial charge is 0.384 e. The smallest absolute Gasteiger partial charge is 0.159 e. The first kappa shape index (κ1) is 10.4. The van der Waals surface area contributed by atoms with E-state index in [0.29, 0.717) is 17.6 Å². The van der Waals surface area contributed by atoms with Crippen LogP contribution in [0.4, 0.5) is 5.82 Å². The molecule has 2 rings (SSSR count). The topological polar surface area (TPSA) is 61.0 Å². The highest BCUT2D eigenvalue weighted by Gasteiger charge is 2.22. The summed E-state index contributed by atoms with van der Waals surface area (Å²) in [7, 11) is 1.65. The Morgan fingerprint density at radius 3 is 2.73 bits per heavy atom. The zero-order chi connectivity index (χ0) is 10.8. The third-order valence-corrected chi connectivity index (χ3v) is 3.02. The summed E-state index contributed by atoms with van der Waals surface area (Å²) >= 11 is 0. The third kappa shape index (κ3) is 2.09. The van der Waals surface area contributed by atoms with E-state index in [-0.39, 0.29) is 6.10 Å². The molecule has 0 saturated heterocycles. The van der Waals surface area contributed by atoms with E-state index in [0.717, 1.165) is 5.69 Å². The monoisotopic (exact) mass is 207 g/mol. The molecule has 0 bridgehead atoms. The van der Waals surface area contributed by atoms with Crippen LogP contribution in [0, 0.1) is 0 Å². The van der Waals surface area contributed by atoms with E-state index in [4.69, 9.17) is 10.5 Å². The van der Waals surface area contributed by atoms with Gasteiger partial charge in [0.15, 0.2) is 5.82 Å². The van der Waals surface area contributed by atoms with Crippen molar-refractivity contribution < 1.29 is 4.74 Å². The summed E-state index contributed by atoms with van der Waals surface area (Å²) in [6, 6.07) is 1.88. The molecule has 1 unspecified atom stereocenters. The van der Waals surface area contributed by atoms with Crippen LogP contribution in [0.25, 0.3) is 0 Å². The Kier molecular flexibility index (Phi) is 2.86. The quantitative estimate of drug-likeness (QED) is 0.823. The van der Waals surface area contributed by atoms with Crippen molar-refractivity contribution in [3.8, 4) is 0 Å². The molecule has 82 valence electrons. The Morgan fingerprint density at radius 1 is 1.47 bits per heavy atom. The minimum absolute atomic E-state index is 0.0904. The maximum absolute atomic E-state index is 5.76. The molecule has 1 fully saturated rings. The van der Waals surface area contributed by atoms with Gasteiger partial charge in [-0.15, -0.1) is 0 Å². The number of rotatable bonds is 3. The van der Waals surface area contributed by atoms with Crippen LogP contribution in [0.3, 0.4) is 0 Å². The molecule has 4 heteroatoms. The predicted molar refractivity (Wildman–Crippen MR) is 58.5 cm³/mol. The molecule has 1 atom stereocenters. The molecule has 2 N–H and O–H groups in total. The summed E-state index contributed by atoms with van der Waals surface area (Å²) in [5.74, 6) is 1.82. The Bertz CT molecular complexity index is 327. The van der Waals surface area contributed by atoms with Gasteiger partial charge in [-0.25, -0.2) is 9.97 Å². The normalized spacial score (nSPS) is 18.5. The van der Waals surface area contributed by atoms with Crippen molar-refractivity contribution in [2.75, 3.05) is 12.8 Å². The predicted octanol–water partition coefficient (Wildman–Crippen LogP) is 2.03. The van der Waals surface area contributed by atoms with E-state index >= 15 is 0 Å². The molecular formula is C11H17N3O. The second kappa shape index (κ2) is 4.14. The van der Waals surface area contributed by atoms with Crippen molar-refractivity contribution >= 4 is 5.82 Å². The van der Waals surface area contributed by atoms with Gasteiger partial charge in [0.05, 0.1) is 0 Å². The van der Waals surface area contributed by atoms with Crippen LogP contribution < -0.4 is 5.73 Å². The second-order valence-electron chi connectivity index (χ2n) is 4.08. The lowest BCUT2D eigenvalue weighted by Crippen LogP contribution is -2.14. The minimum atomic E-state index is -0.0904. The maximum Gasteiger partial charge on any atom is 0.159 e. The highest BCUT2D eigenvalue weighted by atomic mass is 16.5. The number of hydrogen-bond donors (Lipinski definition) is 1. The number of aromatic nitrogens is 2.